The molecule has 0 unspecified atom stereocenters. The third-order valence-corrected chi connectivity index (χ3v) is 4.55. The normalized spacial score (nSPS) is 9.93. The molecule has 0 aliphatic heterocycles. The van der Waals surface area contributed by atoms with Crippen molar-refractivity contribution < 1.29 is 4.74 Å². The number of benzene rings is 2. The van der Waals surface area contributed by atoms with Gasteiger partial charge in [0.15, 0.2) is 5.82 Å². The molecule has 4 rings (SSSR count). The third kappa shape index (κ3) is 4.14. The van der Waals surface area contributed by atoms with Gasteiger partial charge in [0.1, 0.15) is 16.4 Å². The van der Waals surface area contributed by atoms with E-state index in [0.29, 0.717) is 22.9 Å². The maximum absolute atomic E-state index is 8.89. The molecule has 0 saturated carbocycles. The maximum Gasteiger partial charge on any atom is 0.163 e. The first kappa shape index (κ1) is 18.2. The van der Waals surface area contributed by atoms with E-state index in [1.165, 1.54) is 11.3 Å². The summed E-state index contributed by atoms with van der Waals surface area (Å²) in [5, 5.41) is 11.7. The molecule has 0 amide bonds. The molecule has 0 atom stereocenters. The van der Waals surface area contributed by atoms with Gasteiger partial charge < -0.3 is 16.2 Å². The van der Waals surface area contributed by atoms with Crippen molar-refractivity contribution in [2.45, 2.75) is 0 Å². The average molecular weight is 375 g/mol. The maximum atomic E-state index is 8.89. The summed E-state index contributed by atoms with van der Waals surface area (Å²) in [6, 6.07) is 18.6. The van der Waals surface area contributed by atoms with Crippen LogP contribution in [0.4, 0.5) is 11.5 Å². The van der Waals surface area contributed by atoms with Crippen LogP contribution in [-0.4, -0.2) is 17.1 Å². The summed E-state index contributed by atoms with van der Waals surface area (Å²) >= 11 is 1.52. The van der Waals surface area contributed by atoms with Gasteiger partial charge in [-0.2, -0.15) is 5.26 Å². The number of thiophene rings is 1. The number of hydrogen-bond acceptors (Lipinski definition) is 7. The van der Waals surface area contributed by atoms with Crippen molar-refractivity contribution in [2.75, 3.05) is 18.6 Å². The quantitative estimate of drug-likeness (QED) is 0.511. The second kappa shape index (κ2) is 8.17. The smallest absolute Gasteiger partial charge is 0.163 e. The zero-order chi connectivity index (χ0) is 19.2. The summed E-state index contributed by atoms with van der Waals surface area (Å²) in [7, 11) is 1.60. The average Bonchev–Trinajstić information content (AvgIpc) is 3.18. The second-order valence-electron chi connectivity index (χ2n) is 5.51. The van der Waals surface area contributed by atoms with Crippen molar-refractivity contribution >= 4 is 33.1 Å². The predicted molar refractivity (Wildman–Crippen MR) is 109 cm³/mol. The fourth-order valence-electron chi connectivity index (χ4n) is 2.40. The monoisotopic (exact) mass is 375 g/mol. The van der Waals surface area contributed by atoms with E-state index < -0.39 is 0 Å². The van der Waals surface area contributed by atoms with Gasteiger partial charge in [0, 0.05) is 5.56 Å². The summed E-state index contributed by atoms with van der Waals surface area (Å²) in [6.07, 6.45) is 0. The highest BCUT2D eigenvalue weighted by Crippen LogP contribution is 2.26. The van der Waals surface area contributed by atoms with Gasteiger partial charge in [0.25, 0.3) is 0 Å². The number of para-hydroxylation sites is 2. The van der Waals surface area contributed by atoms with E-state index in [4.69, 9.17) is 21.5 Å². The lowest BCUT2D eigenvalue weighted by Gasteiger charge is -2.02. The van der Waals surface area contributed by atoms with Gasteiger partial charge in [0.05, 0.1) is 29.8 Å². The molecule has 27 heavy (non-hydrogen) atoms. The molecule has 7 heteroatoms. The number of nitrogens with two attached hydrogens (primary N) is 2. The van der Waals surface area contributed by atoms with Crippen LogP contribution < -0.4 is 16.2 Å². The number of nitrogen functional groups attached to an aromatic ring is 2. The Kier molecular flexibility index (Phi) is 5.50. The molecule has 0 radical (unpaired) electrons. The Labute approximate surface area is 160 Å². The number of hydrogen-bond donors (Lipinski definition) is 2. The highest BCUT2D eigenvalue weighted by Gasteiger charge is 2.08. The van der Waals surface area contributed by atoms with Crippen molar-refractivity contribution in [1.82, 2.24) is 9.97 Å². The second-order valence-corrected chi connectivity index (χ2v) is 6.40. The lowest BCUT2D eigenvalue weighted by molar-refractivity contribution is 0.417. The number of aromatic nitrogens is 2. The lowest BCUT2D eigenvalue weighted by Crippen LogP contribution is -1.96. The molecule has 0 aliphatic rings. The molecule has 0 spiro atoms. The molecule has 0 aliphatic carbocycles. The first-order valence-corrected chi connectivity index (χ1v) is 8.90. The summed E-state index contributed by atoms with van der Waals surface area (Å²) in [4.78, 5) is 9.60. The van der Waals surface area contributed by atoms with Crippen LogP contribution in [0.25, 0.3) is 21.6 Å². The van der Waals surface area contributed by atoms with E-state index in [-0.39, 0.29) is 0 Å². The van der Waals surface area contributed by atoms with Crippen LogP contribution in [0.5, 0.6) is 5.75 Å². The molecule has 0 saturated heterocycles. The van der Waals surface area contributed by atoms with Crippen LogP contribution >= 0.6 is 11.3 Å². The van der Waals surface area contributed by atoms with Gasteiger partial charge in [-0.15, -0.1) is 11.3 Å². The number of methoxy groups -OCH3 is 1. The minimum absolute atomic E-state index is 0.471. The topological polar surface area (TPSA) is 111 Å². The van der Waals surface area contributed by atoms with Crippen LogP contribution in [-0.2, 0) is 0 Å². The number of ether oxygens (including phenoxy) is 1. The van der Waals surface area contributed by atoms with Crippen molar-refractivity contribution in [2.24, 2.45) is 0 Å². The van der Waals surface area contributed by atoms with Crippen LogP contribution in [0, 0.1) is 11.3 Å². The minimum Gasteiger partial charge on any atom is -0.495 e. The Balaban J connectivity index is 0.000000197. The van der Waals surface area contributed by atoms with Crippen LogP contribution in [0.15, 0.2) is 60.0 Å². The Morgan fingerprint density at radius 1 is 1.04 bits per heavy atom. The van der Waals surface area contributed by atoms with Gasteiger partial charge in [-0.25, -0.2) is 9.97 Å². The lowest BCUT2D eigenvalue weighted by atomic mass is 10.1. The summed E-state index contributed by atoms with van der Waals surface area (Å²) in [6.45, 7) is 0. The minimum atomic E-state index is 0.471. The molecular formula is C20H17N5OS. The van der Waals surface area contributed by atoms with Gasteiger partial charge in [0.2, 0.25) is 0 Å². The van der Waals surface area contributed by atoms with Gasteiger partial charge in [-0.05, 0) is 35.7 Å². The molecule has 2 heterocycles. The predicted octanol–water partition coefficient (Wildman–Crippen LogP) is 4.09. The number of fused-ring (bicyclic) bond motifs is 1. The Morgan fingerprint density at radius 3 is 2.56 bits per heavy atom. The van der Waals surface area contributed by atoms with Crippen molar-refractivity contribution in [3.8, 4) is 23.2 Å². The van der Waals surface area contributed by atoms with Crippen molar-refractivity contribution in [1.29, 1.82) is 5.26 Å². The number of anilines is 2. The fourth-order valence-corrected chi connectivity index (χ4v) is 3.17. The van der Waals surface area contributed by atoms with Crippen LogP contribution in [0.3, 0.4) is 0 Å². The van der Waals surface area contributed by atoms with E-state index >= 15 is 0 Å². The number of nitriles is 1. The zero-order valence-electron chi connectivity index (χ0n) is 14.6. The number of nitrogens with zero attached hydrogens (tertiary/aromatic N) is 3. The highest BCUT2D eigenvalue weighted by molar-refractivity contribution is 7.16. The molecule has 0 bridgehead atoms. The fraction of sp³-hybridized carbons (Fsp3) is 0.0500. The molecule has 4 aromatic rings. The molecular weight excluding hydrogens is 358 g/mol. The van der Waals surface area contributed by atoms with E-state index in [2.05, 4.69) is 16.0 Å². The van der Waals surface area contributed by atoms with Crippen LogP contribution in [0.2, 0.25) is 0 Å². The van der Waals surface area contributed by atoms with Crippen molar-refractivity contribution in [3.05, 3.63) is 65.5 Å². The van der Waals surface area contributed by atoms with E-state index in [1.54, 1.807) is 25.3 Å². The molecule has 4 N–H and O–H groups in total. The zero-order valence-corrected chi connectivity index (χ0v) is 15.4. The summed E-state index contributed by atoms with van der Waals surface area (Å²) in [5.41, 5.74) is 13.5. The molecule has 6 nitrogen and oxygen atoms in total. The van der Waals surface area contributed by atoms with Gasteiger partial charge >= 0.3 is 0 Å². The largest absolute Gasteiger partial charge is 0.495 e. The van der Waals surface area contributed by atoms with Gasteiger partial charge in [-0.1, -0.05) is 24.3 Å². The first-order valence-electron chi connectivity index (χ1n) is 8.02. The third-order valence-electron chi connectivity index (χ3n) is 3.74. The summed E-state index contributed by atoms with van der Waals surface area (Å²) in [5.74, 6) is 1.76. The highest BCUT2D eigenvalue weighted by atomic mass is 32.1. The first-order chi connectivity index (χ1) is 13.1. The number of rotatable bonds is 2. The SMILES string of the molecule is COc1ccccc1N.N#Cc1cccc(-c2nc(N)c3ccsc3n2)c1. The van der Waals surface area contributed by atoms with Crippen LogP contribution in [0.1, 0.15) is 5.56 Å². The molecule has 2 aromatic carbocycles. The van der Waals surface area contributed by atoms with Crippen molar-refractivity contribution in [3.63, 3.8) is 0 Å². The Hall–Kier alpha value is -3.63. The molecule has 0 fully saturated rings. The van der Waals surface area contributed by atoms with E-state index in [1.807, 2.05) is 41.8 Å². The Bertz CT molecular complexity index is 1120. The standard InChI is InChI=1S/C13H8N4S.C7H9NO/c14-7-8-2-1-3-9(6-8)12-16-11(15)10-4-5-18-13(10)17-12;1-9-7-5-3-2-4-6(7)8/h1-6H,(H2,15,16,17);2-5H,8H2,1H3. The Morgan fingerprint density at radius 2 is 1.85 bits per heavy atom. The molecule has 2 aromatic heterocycles. The molecule has 134 valence electrons. The van der Waals surface area contributed by atoms with E-state index in [9.17, 15) is 0 Å². The summed E-state index contributed by atoms with van der Waals surface area (Å²) < 4.78 is 4.92. The van der Waals surface area contributed by atoms with E-state index in [0.717, 1.165) is 21.5 Å². The van der Waals surface area contributed by atoms with Gasteiger partial charge in [-0.3, -0.25) is 0 Å².